The number of aromatic amines is 1. The van der Waals surface area contributed by atoms with Gasteiger partial charge in [0.2, 0.25) is 0 Å². The maximum Gasteiger partial charge on any atom is 0.128 e. The van der Waals surface area contributed by atoms with Crippen LogP contribution in [-0.4, -0.2) is 16.5 Å². The fraction of sp³-hybridized carbons (Fsp3) is 0.118. The van der Waals surface area contributed by atoms with Crippen LogP contribution in [0.5, 0.6) is 0 Å². The van der Waals surface area contributed by atoms with Crippen molar-refractivity contribution in [1.29, 1.82) is 0 Å². The van der Waals surface area contributed by atoms with Crippen LogP contribution in [0.15, 0.2) is 45.6 Å². The Kier molecular flexibility index (Phi) is 3.19. The Morgan fingerprint density at radius 1 is 1.17 bits per heavy atom. The molecular weight excluding hydrogens is 390 g/mol. The summed E-state index contributed by atoms with van der Waals surface area (Å²) >= 11 is 7.21. The van der Waals surface area contributed by atoms with Gasteiger partial charge in [-0.2, -0.15) is 0 Å². The van der Waals surface area contributed by atoms with Gasteiger partial charge in [0.05, 0.1) is 26.5 Å². The van der Waals surface area contributed by atoms with Gasteiger partial charge in [-0.1, -0.05) is 18.2 Å². The predicted molar refractivity (Wildman–Crippen MR) is 102 cm³/mol. The highest BCUT2D eigenvalue weighted by molar-refractivity contribution is 9.10. The molecular formula is C17H12BrN3S2. The fourth-order valence-electron chi connectivity index (χ4n) is 2.99. The normalized spacial score (nSPS) is 17.7. The van der Waals surface area contributed by atoms with Crippen molar-refractivity contribution in [2.75, 3.05) is 6.54 Å². The summed E-state index contributed by atoms with van der Waals surface area (Å²) in [5.41, 5.74) is 4.65. The van der Waals surface area contributed by atoms with E-state index in [-0.39, 0.29) is 6.04 Å². The summed E-state index contributed by atoms with van der Waals surface area (Å²) in [5, 5.41) is 7.80. The number of nitrogens with one attached hydrogen (secondary N) is 2. The largest absolute Gasteiger partial charge is 0.340 e. The molecule has 1 atom stereocenters. The molecule has 4 aromatic rings. The second kappa shape index (κ2) is 5.27. The second-order valence-corrected chi connectivity index (χ2v) is 8.17. The molecule has 5 rings (SSSR count). The molecule has 1 aliphatic heterocycles. The minimum Gasteiger partial charge on any atom is -0.340 e. The number of hydrogen-bond donors (Lipinski definition) is 2. The number of benzene rings is 1. The third-order valence-electron chi connectivity index (χ3n) is 4.13. The van der Waals surface area contributed by atoms with Crippen molar-refractivity contribution in [1.82, 2.24) is 15.3 Å². The number of thiophene rings is 2. The summed E-state index contributed by atoms with van der Waals surface area (Å²) in [7, 11) is 0. The molecule has 0 amide bonds. The molecule has 0 saturated heterocycles. The van der Waals surface area contributed by atoms with E-state index in [2.05, 4.69) is 67.3 Å². The SMILES string of the molecule is Brc1csc2c(-c3ccc4nc(C5C=CCN5)[nH]c4c3)csc12. The lowest BCUT2D eigenvalue weighted by molar-refractivity contribution is 0.679. The number of aromatic nitrogens is 2. The number of rotatable bonds is 2. The lowest BCUT2D eigenvalue weighted by atomic mass is 10.1. The summed E-state index contributed by atoms with van der Waals surface area (Å²) < 4.78 is 3.87. The maximum absolute atomic E-state index is 4.71. The third kappa shape index (κ3) is 2.21. The van der Waals surface area contributed by atoms with Gasteiger partial charge in [0.15, 0.2) is 0 Å². The van der Waals surface area contributed by atoms with Crippen LogP contribution < -0.4 is 5.32 Å². The van der Waals surface area contributed by atoms with Crippen molar-refractivity contribution in [2.45, 2.75) is 6.04 Å². The van der Waals surface area contributed by atoms with E-state index in [1.54, 1.807) is 22.7 Å². The lowest BCUT2D eigenvalue weighted by Gasteiger charge is -2.03. The average molecular weight is 402 g/mol. The first-order valence-electron chi connectivity index (χ1n) is 7.34. The first-order chi connectivity index (χ1) is 11.3. The summed E-state index contributed by atoms with van der Waals surface area (Å²) in [6.07, 6.45) is 4.30. The zero-order valence-corrected chi connectivity index (χ0v) is 15.2. The van der Waals surface area contributed by atoms with Crippen LogP contribution in [0.4, 0.5) is 0 Å². The van der Waals surface area contributed by atoms with E-state index in [1.165, 1.54) is 25.0 Å². The van der Waals surface area contributed by atoms with E-state index in [9.17, 15) is 0 Å². The average Bonchev–Trinajstić information content (AvgIpc) is 3.32. The highest BCUT2D eigenvalue weighted by Gasteiger charge is 2.16. The molecule has 0 radical (unpaired) electrons. The Labute approximate surface area is 149 Å². The van der Waals surface area contributed by atoms with Crippen LogP contribution in [0.2, 0.25) is 0 Å². The highest BCUT2D eigenvalue weighted by Crippen LogP contribution is 2.42. The van der Waals surface area contributed by atoms with Gasteiger partial charge in [-0.05, 0) is 33.6 Å². The van der Waals surface area contributed by atoms with Crippen molar-refractivity contribution in [2.24, 2.45) is 0 Å². The van der Waals surface area contributed by atoms with Gasteiger partial charge in [0.25, 0.3) is 0 Å². The van der Waals surface area contributed by atoms with Crippen molar-refractivity contribution in [3.05, 3.63) is 51.4 Å². The standard InChI is InChI=1S/C17H12BrN3S2/c18-11-8-23-15-10(7-22-16(11)15)9-3-4-12-14(6-9)21-17(20-12)13-2-1-5-19-13/h1-4,6-8,13,19H,5H2,(H,20,21). The Morgan fingerprint density at radius 2 is 2.09 bits per heavy atom. The number of fused-ring (bicyclic) bond motifs is 2. The highest BCUT2D eigenvalue weighted by atomic mass is 79.9. The zero-order valence-electron chi connectivity index (χ0n) is 12.0. The van der Waals surface area contributed by atoms with E-state index in [0.717, 1.165) is 23.4 Å². The molecule has 0 bridgehead atoms. The zero-order chi connectivity index (χ0) is 15.4. The van der Waals surface area contributed by atoms with Crippen LogP contribution in [-0.2, 0) is 0 Å². The summed E-state index contributed by atoms with van der Waals surface area (Å²) in [6.45, 7) is 0.910. The molecule has 114 valence electrons. The van der Waals surface area contributed by atoms with Crippen LogP contribution in [0.25, 0.3) is 31.6 Å². The minimum absolute atomic E-state index is 0.201. The fourth-order valence-corrected chi connectivity index (χ4v) is 6.06. The van der Waals surface area contributed by atoms with Crippen LogP contribution in [0, 0.1) is 0 Å². The summed E-state index contributed by atoms with van der Waals surface area (Å²) in [5.74, 6) is 0.986. The van der Waals surface area contributed by atoms with E-state index in [4.69, 9.17) is 4.98 Å². The quantitative estimate of drug-likeness (QED) is 0.437. The van der Waals surface area contributed by atoms with Crippen LogP contribution in [0.3, 0.4) is 0 Å². The molecule has 1 aromatic carbocycles. The van der Waals surface area contributed by atoms with Gasteiger partial charge < -0.3 is 10.3 Å². The van der Waals surface area contributed by atoms with Crippen molar-refractivity contribution < 1.29 is 0 Å². The molecule has 1 unspecified atom stereocenters. The molecule has 2 N–H and O–H groups in total. The molecule has 0 saturated carbocycles. The number of imidazole rings is 1. The second-order valence-electron chi connectivity index (χ2n) is 5.56. The molecule has 6 heteroatoms. The molecule has 3 aromatic heterocycles. The summed E-state index contributed by atoms with van der Waals surface area (Å²) in [6, 6.07) is 6.68. The first kappa shape index (κ1) is 13.9. The van der Waals surface area contributed by atoms with Gasteiger partial charge in [-0.25, -0.2) is 4.98 Å². The van der Waals surface area contributed by atoms with Crippen molar-refractivity contribution in [3.8, 4) is 11.1 Å². The Balaban J connectivity index is 1.63. The smallest absolute Gasteiger partial charge is 0.128 e. The van der Waals surface area contributed by atoms with Gasteiger partial charge >= 0.3 is 0 Å². The lowest BCUT2D eigenvalue weighted by Crippen LogP contribution is -2.14. The number of hydrogen-bond acceptors (Lipinski definition) is 4. The monoisotopic (exact) mass is 401 g/mol. The van der Waals surface area contributed by atoms with Gasteiger partial charge in [-0.3, -0.25) is 0 Å². The third-order valence-corrected chi connectivity index (χ3v) is 7.48. The predicted octanol–water partition coefficient (Wildman–Crippen LogP) is 5.47. The molecule has 1 aliphatic rings. The van der Waals surface area contributed by atoms with E-state index < -0.39 is 0 Å². The van der Waals surface area contributed by atoms with E-state index in [0.29, 0.717) is 0 Å². The maximum atomic E-state index is 4.71. The molecule has 0 aliphatic carbocycles. The molecule has 4 heterocycles. The molecule has 0 spiro atoms. The van der Waals surface area contributed by atoms with Gasteiger partial charge in [-0.15, -0.1) is 22.7 Å². The van der Waals surface area contributed by atoms with Gasteiger partial charge in [0.1, 0.15) is 5.82 Å². The summed E-state index contributed by atoms with van der Waals surface area (Å²) in [4.78, 5) is 8.18. The van der Waals surface area contributed by atoms with Crippen LogP contribution in [0.1, 0.15) is 11.9 Å². The molecule has 0 fully saturated rings. The number of halogens is 1. The van der Waals surface area contributed by atoms with E-state index >= 15 is 0 Å². The van der Waals surface area contributed by atoms with Gasteiger partial charge in [0, 0.05) is 27.3 Å². The number of nitrogens with zero attached hydrogens (tertiary/aromatic N) is 1. The Morgan fingerprint density at radius 3 is 2.96 bits per heavy atom. The topological polar surface area (TPSA) is 40.7 Å². The van der Waals surface area contributed by atoms with Crippen molar-refractivity contribution in [3.63, 3.8) is 0 Å². The molecule has 23 heavy (non-hydrogen) atoms. The minimum atomic E-state index is 0.201. The Bertz CT molecular complexity index is 1060. The molecule has 3 nitrogen and oxygen atoms in total. The Hall–Kier alpha value is -1.47. The first-order valence-corrected chi connectivity index (χ1v) is 9.89. The van der Waals surface area contributed by atoms with Crippen LogP contribution >= 0.6 is 38.6 Å². The van der Waals surface area contributed by atoms with Crippen molar-refractivity contribution >= 4 is 59.0 Å². The number of H-pyrrole nitrogens is 1. The van der Waals surface area contributed by atoms with E-state index in [1.807, 2.05) is 0 Å².